The van der Waals surface area contributed by atoms with Crippen molar-refractivity contribution in [3.8, 4) is 0 Å². The Balaban J connectivity index is 0.00000338. The van der Waals surface area contributed by atoms with Gasteiger partial charge in [-0.3, -0.25) is 4.68 Å². The van der Waals surface area contributed by atoms with Crippen LogP contribution in [0.25, 0.3) is 0 Å². The first kappa shape index (κ1) is 23.0. The number of aromatic nitrogens is 2. The summed E-state index contributed by atoms with van der Waals surface area (Å²) < 4.78 is 2.00. The molecule has 2 aromatic heterocycles. The lowest BCUT2D eigenvalue weighted by Gasteiger charge is -2.15. The molecule has 0 radical (unpaired) electrons. The summed E-state index contributed by atoms with van der Waals surface area (Å²) in [6.45, 7) is 11.1. The molecular weight excluding hydrogens is 457 g/mol. The van der Waals surface area contributed by atoms with Gasteiger partial charge < -0.3 is 10.6 Å². The molecule has 2 N–H and O–H groups in total. The van der Waals surface area contributed by atoms with Crippen LogP contribution >= 0.6 is 35.3 Å². The lowest BCUT2D eigenvalue weighted by molar-refractivity contribution is 0.699. The maximum atomic E-state index is 4.81. The summed E-state index contributed by atoms with van der Waals surface area (Å²) in [5, 5.41) is 15.8. The molecule has 0 fully saturated rings. The van der Waals surface area contributed by atoms with Crippen molar-refractivity contribution in [2.24, 2.45) is 12.0 Å². The molecule has 0 aliphatic carbocycles. The molecule has 1 atom stereocenters. The van der Waals surface area contributed by atoms with Gasteiger partial charge in [0.15, 0.2) is 5.96 Å². The van der Waals surface area contributed by atoms with E-state index in [0.29, 0.717) is 12.5 Å². The van der Waals surface area contributed by atoms with Gasteiger partial charge in [0.1, 0.15) is 0 Å². The Labute approximate surface area is 178 Å². The highest BCUT2D eigenvalue weighted by atomic mass is 127. The molecule has 0 aromatic carbocycles. The van der Waals surface area contributed by atoms with Gasteiger partial charge in [-0.2, -0.15) is 16.4 Å². The van der Waals surface area contributed by atoms with Crippen LogP contribution in [0.2, 0.25) is 0 Å². The van der Waals surface area contributed by atoms with Crippen LogP contribution in [0.5, 0.6) is 0 Å². The fourth-order valence-corrected chi connectivity index (χ4v) is 3.78. The minimum absolute atomic E-state index is 0. The lowest BCUT2D eigenvalue weighted by atomic mass is 10.1. The number of thiophene rings is 1. The van der Waals surface area contributed by atoms with E-state index in [4.69, 9.17) is 4.99 Å². The number of halogens is 1. The van der Waals surface area contributed by atoms with Crippen LogP contribution in [-0.4, -0.2) is 28.8 Å². The van der Waals surface area contributed by atoms with Crippen molar-refractivity contribution in [3.05, 3.63) is 39.3 Å². The molecule has 0 saturated carbocycles. The van der Waals surface area contributed by atoms with E-state index in [9.17, 15) is 0 Å². The van der Waals surface area contributed by atoms with Gasteiger partial charge in [-0.05, 0) is 48.1 Å². The van der Waals surface area contributed by atoms with Crippen molar-refractivity contribution in [2.45, 2.75) is 53.0 Å². The number of hydrogen-bond donors (Lipinski definition) is 2. The Kier molecular flexibility index (Phi) is 10.2. The molecule has 2 aromatic rings. The summed E-state index contributed by atoms with van der Waals surface area (Å²) in [5.41, 5.74) is 5.09. The van der Waals surface area contributed by atoms with Gasteiger partial charge in [-0.15, -0.1) is 24.0 Å². The highest BCUT2D eigenvalue weighted by molar-refractivity contribution is 14.0. The molecule has 0 bridgehead atoms. The second kappa shape index (κ2) is 11.6. The Hall–Kier alpha value is -1.09. The van der Waals surface area contributed by atoms with Gasteiger partial charge in [0.05, 0.1) is 12.2 Å². The predicted octanol–water partition coefficient (Wildman–Crippen LogP) is 4.08. The summed E-state index contributed by atoms with van der Waals surface area (Å²) in [5.74, 6) is 1.34. The standard InChI is InChI=1S/C19H31N5S.HI/c1-6-17-16(18(7-2)24(5)23-17)12-22-19(20-8-3)21-11-14(4)15-9-10-25-13-15;/h9-10,13-14H,6-8,11-12H2,1-5H3,(H2,20,21,22);1H. The minimum atomic E-state index is 0. The number of nitrogens with zero attached hydrogens (tertiary/aromatic N) is 3. The molecule has 2 rings (SSSR count). The maximum absolute atomic E-state index is 4.81. The molecule has 0 saturated heterocycles. The zero-order valence-electron chi connectivity index (χ0n) is 16.5. The Morgan fingerprint density at radius 3 is 2.62 bits per heavy atom. The van der Waals surface area contributed by atoms with Crippen molar-refractivity contribution in [3.63, 3.8) is 0 Å². The van der Waals surface area contributed by atoms with Crippen molar-refractivity contribution in [1.82, 2.24) is 20.4 Å². The number of aryl methyl sites for hydroxylation is 2. The molecule has 2 heterocycles. The summed E-state index contributed by atoms with van der Waals surface area (Å²) in [4.78, 5) is 4.81. The van der Waals surface area contributed by atoms with Crippen LogP contribution in [0.3, 0.4) is 0 Å². The SMILES string of the molecule is CCNC(=NCc1c(CC)nn(C)c1CC)NCC(C)c1ccsc1.I. The third kappa shape index (κ3) is 5.97. The zero-order valence-corrected chi connectivity index (χ0v) is 19.6. The third-order valence-corrected chi connectivity index (χ3v) is 5.16. The van der Waals surface area contributed by atoms with E-state index >= 15 is 0 Å². The topological polar surface area (TPSA) is 54.2 Å². The largest absolute Gasteiger partial charge is 0.357 e. The highest BCUT2D eigenvalue weighted by Gasteiger charge is 2.13. The van der Waals surface area contributed by atoms with E-state index in [1.807, 2.05) is 11.7 Å². The summed E-state index contributed by atoms with van der Waals surface area (Å²) in [7, 11) is 2.02. The van der Waals surface area contributed by atoms with Gasteiger partial charge in [-0.1, -0.05) is 20.8 Å². The molecule has 7 heteroatoms. The van der Waals surface area contributed by atoms with Crippen molar-refractivity contribution in [2.75, 3.05) is 13.1 Å². The normalized spacial score (nSPS) is 12.6. The second-order valence-electron chi connectivity index (χ2n) is 6.24. The summed E-state index contributed by atoms with van der Waals surface area (Å²) >= 11 is 1.75. The molecular formula is C19H32IN5S. The number of aliphatic imine (C=N–C) groups is 1. The summed E-state index contributed by atoms with van der Waals surface area (Å²) in [6.07, 6.45) is 1.92. The Bertz CT molecular complexity index is 678. The molecule has 1 unspecified atom stereocenters. The first-order valence-electron chi connectivity index (χ1n) is 9.18. The quantitative estimate of drug-likeness (QED) is 0.334. The molecule has 5 nitrogen and oxygen atoms in total. The first-order chi connectivity index (χ1) is 12.1. The molecule has 146 valence electrons. The third-order valence-electron chi connectivity index (χ3n) is 4.46. The maximum Gasteiger partial charge on any atom is 0.191 e. The number of guanidine groups is 1. The van der Waals surface area contributed by atoms with E-state index in [0.717, 1.165) is 37.6 Å². The van der Waals surface area contributed by atoms with Crippen LogP contribution in [0.1, 0.15) is 56.1 Å². The van der Waals surface area contributed by atoms with Crippen LogP contribution in [0.15, 0.2) is 21.8 Å². The lowest BCUT2D eigenvalue weighted by Crippen LogP contribution is -2.39. The van der Waals surface area contributed by atoms with Gasteiger partial charge in [-0.25, -0.2) is 4.99 Å². The molecule has 0 aliphatic heterocycles. The van der Waals surface area contributed by atoms with Gasteiger partial charge >= 0.3 is 0 Å². The van der Waals surface area contributed by atoms with E-state index < -0.39 is 0 Å². The Morgan fingerprint density at radius 1 is 1.27 bits per heavy atom. The molecule has 0 aliphatic rings. The summed E-state index contributed by atoms with van der Waals surface area (Å²) in [6, 6.07) is 2.19. The van der Waals surface area contributed by atoms with E-state index in [-0.39, 0.29) is 24.0 Å². The van der Waals surface area contributed by atoms with Gasteiger partial charge in [0.25, 0.3) is 0 Å². The Morgan fingerprint density at radius 2 is 2.04 bits per heavy atom. The van der Waals surface area contributed by atoms with Crippen molar-refractivity contribution in [1.29, 1.82) is 0 Å². The number of rotatable bonds is 8. The average molecular weight is 489 g/mol. The van der Waals surface area contributed by atoms with Crippen molar-refractivity contribution < 1.29 is 0 Å². The van der Waals surface area contributed by atoms with Crippen LogP contribution < -0.4 is 10.6 Å². The average Bonchev–Trinajstić information content (AvgIpc) is 3.24. The van der Waals surface area contributed by atoms with Crippen LogP contribution in [-0.2, 0) is 26.4 Å². The van der Waals surface area contributed by atoms with E-state index in [1.54, 1.807) is 11.3 Å². The number of hydrogen-bond acceptors (Lipinski definition) is 3. The van der Waals surface area contributed by atoms with Crippen molar-refractivity contribution >= 4 is 41.3 Å². The highest BCUT2D eigenvalue weighted by Crippen LogP contribution is 2.18. The van der Waals surface area contributed by atoms with Crippen LogP contribution in [0, 0.1) is 0 Å². The monoisotopic (exact) mass is 489 g/mol. The molecule has 0 amide bonds. The number of nitrogens with one attached hydrogen (secondary N) is 2. The fraction of sp³-hybridized carbons (Fsp3) is 0.579. The first-order valence-corrected chi connectivity index (χ1v) is 10.1. The van der Waals surface area contributed by atoms with Gasteiger partial charge in [0.2, 0.25) is 0 Å². The molecule has 26 heavy (non-hydrogen) atoms. The fourth-order valence-electron chi connectivity index (χ4n) is 3.00. The smallest absolute Gasteiger partial charge is 0.191 e. The van der Waals surface area contributed by atoms with Crippen LogP contribution in [0.4, 0.5) is 0 Å². The minimum Gasteiger partial charge on any atom is -0.357 e. The van der Waals surface area contributed by atoms with E-state index in [2.05, 4.69) is 60.3 Å². The van der Waals surface area contributed by atoms with Gasteiger partial charge in [0, 0.05) is 31.4 Å². The zero-order chi connectivity index (χ0) is 18.2. The molecule has 0 spiro atoms. The van der Waals surface area contributed by atoms with E-state index in [1.165, 1.54) is 16.8 Å². The predicted molar refractivity (Wildman–Crippen MR) is 123 cm³/mol. The second-order valence-corrected chi connectivity index (χ2v) is 7.02.